The van der Waals surface area contributed by atoms with Gasteiger partial charge in [0.2, 0.25) is 0 Å². The van der Waals surface area contributed by atoms with Crippen LogP contribution in [-0.2, 0) is 9.47 Å². The molecule has 0 spiro atoms. The maximum atomic E-state index is 10.1. The maximum Gasteiger partial charge on any atom is 0.508 e. The van der Waals surface area contributed by atoms with E-state index in [0.717, 1.165) is 0 Å². The van der Waals surface area contributed by atoms with Crippen LogP contribution in [0.15, 0.2) is 60.7 Å². The van der Waals surface area contributed by atoms with Crippen LogP contribution in [0.1, 0.15) is 11.1 Å². The second kappa shape index (κ2) is 11.1. The van der Waals surface area contributed by atoms with Gasteiger partial charge in [-0.3, -0.25) is 0 Å². The minimum atomic E-state index is -0.685. The Morgan fingerprint density at radius 2 is 1.41 bits per heavy atom. The number of methoxy groups -OCH3 is 1. The maximum absolute atomic E-state index is 10.1. The Labute approximate surface area is 131 Å². The molecular weight excluding hydrogens is 278 g/mol. The summed E-state index contributed by atoms with van der Waals surface area (Å²) in [7, 11) is 1.25. The molecule has 2 rings (SSSR count). The second-order valence-electron chi connectivity index (χ2n) is 4.25. The van der Waals surface area contributed by atoms with Crippen molar-refractivity contribution < 1.29 is 14.3 Å². The van der Waals surface area contributed by atoms with Gasteiger partial charge in [0.15, 0.2) is 0 Å². The van der Waals surface area contributed by atoms with E-state index in [1.165, 1.54) is 18.2 Å². The first-order valence-corrected chi connectivity index (χ1v) is 6.95. The summed E-state index contributed by atoms with van der Waals surface area (Å²) >= 11 is 0. The lowest BCUT2D eigenvalue weighted by Gasteiger charge is -1.97. The number of carbonyl (C=O) groups excluding carboxylic acids is 1. The average molecular weight is 299 g/mol. The summed E-state index contributed by atoms with van der Waals surface area (Å²) in [5, 5.41) is 0. The van der Waals surface area contributed by atoms with Gasteiger partial charge < -0.3 is 15.2 Å². The highest BCUT2D eigenvalue weighted by molar-refractivity contribution is 5.69. The van der Waals surface area contributed by atoms with E-state index in [9.17, 15) is 4.79 Å². The molecule has 4 heteroatoms. The molecular formula is C18H21NO3. The molecule has 0 aliphatic rings. The summed E-state index contributed by atoms with van der Waals surface area (Å²) in [6.45, 7) is 0.543. The molecule has 0 aliphatic heterocycles. The lowest BCUT2D eigenvalue weighted by atomic mass is 10.1. The molecule has 0 saturated carbocycles. The van der Waals surface area contributed by atoms with E-state index in [4.69, 9.17) is 5.73 Å². The molecule has 0 amide bonds. The van der Waals surface area contributed by atoms with Crippen LogP contribution in [0.2, 0.25) is 0 Å². The fourth-order valence-corrected chi connectivity index (χ4v) is 1.52. The van der Waals surface area contributed by atoms with Crippen LogP contribution in [0.4, 0.5) is 4.79 Å². The second-order valence-corrected chi connectivity index (χ2v) is 4.25. The molecule has 22 heavy (non-hydrogen) atoms. The van der Waals surface area contributed by atoms with Crippen molar-refractivity contribution in [3.05, 3.63) is 71.8 Å². The SMILES string of the molecule is C(=Cc1ccccc1)c1ccccc1.COC(=O)OCCN. The lowest BCUT2D eigenvalue weighted by molar-refractivity contribution is 0.0751. The zero-order chi connectivity index (χ0) is 16.0. The molecule has 0 fully saturated rings. The molecule has 2 aromatic carbocycles. The molecule has 0 aliphatic carbocycles. The molecule has 0 bridgehead atoms. The largest absolute Gasteiger partial charge is 0.508 e. The molecule has 0 saturated heterocycles. The number of hydrogen-bond acceptors (Lipinski definition) is 4. The predicted octanol–water partition coefficient (Wildman–Crippen LogP) is 3.59. The van der Waals surface area contributed by atoms with E-state index in [1.54, 1.807) is 0 Å². The normalized spacial score (nSPS) is 9.73. The number of ether oxygens (including phenoxy) is 2. The first-order chi connectivity index (χ1) is 10.8. The number of carbonyl (C=O) groups is 1. The standard InChI is InChI=1S/C14H12.C4H9NO3/c1-3-7-13(8-4-1)11-12-14-9-5-2-6-10-14;1-7-4(6)8-3-2-5/h1-12H;2-3,5H2,1H3. The molecule has 0 radical (unpaired) electrons. The Bertz CT molecular complexity index is 512. The van der Waals surface area contributed by atoms with Crippen molar-refractivity contribution >= 4 is 18.3 Å². The van der Waals surface area contributed by atoms with Crippen molar-refractivity contribution in [3.63, 3.8) is 0 Å². The van der Waals surface area contributed by atoms with E-state index in [-0.39, 0.29) is 6.61 Å². The zero-order valence-corrected chi connectivity index (χ0v) is 12.6. The van der Waals surface area contributed by atoms with E-state index in [1.807, 2.05) is 36.4 Å². The van der Waals surface area contributed by atoms with Crippen LogP contribution in [0, 0.1) is 0 Å². The first kappa shape index (κ1) is 17.5. The third kappa shape index (κ3) is 7.87. The molecule has 0 atom stereocenters. The fourth-order valence-electron chi connectivity index (χ4n) is 1.52. The van der Waals surface area contributed by atoms with Gasteiger partial charge in [0.1, 0.15) is 6.61 Å². The van der Waals surface area contributed by atoms with Crippen molar-refractivity contribution in [2.45, 2.75) is 0 Å². The van der Waals surface area contributed by atoms with Crippen molar-refractivity contribution in [3.8, 4) is 0 Å². The molecule has 4 nitrogen and oxygen atoms in total. The van der Waals surface area contributed by atoms with E-state index in [2.05, 4.69) is 45.9 Å². The van der Waals surface area contributed by atoms with Crippen LogP contribution in [0.25, 0.3) is 12.2 Å². The van der Waals surface area contributed by atoms with Gasteiger partial charge in [-0.05, 0) is 11.1 Å². The van der Waals surface area contributed by atoms with Gasteiger partial charge in [0, 0.05) is 6.54 Å². The highest BCUT2D eigenvalue weighted by Crippen LogP contribution is 2.06. The minimum absolute atomic E-state index is 0.215. The smallest absolute Gasteiger partial charge is 0.438 e. The van der Waals surface area contributed by atoms with Gasteiger partial charge in [0.25, 0.3) is 0 Å². The Morgan fingerprint density at radius 1 is 0.955 bits per heavy atom. The van der Waals surface area contributed by atoms with Crippen LogP contribution in [0.5, 0.6) is 0 Å². The van der Waals surface area contributed by atoms with Crippen LogP contribution >= 0.6 is 0 Å². The summed E-state index contributed by atoms with van der Waals surface area (Å²) in [5.41, 5.74) is 7.46. The van der Waals surface area contributed by atoms with Crippen molar-refractivity contribution in [1.82, 2.24) is 0 Å². The third-order valence-corrected chi connectivity index (χ3v) is 2.57. The molecule has 2 N–H and O–H groups in total. The highest BCUT2D eigenvalue weighted by atomic mass is 16.7. The van der Waals surface area contributed by atoms with Crippen molar-refractivity contribution in [2.24, 2.45) is 5.73 Å². The van der Waals surface area contributed by atoms with Gasteiger partial charge in [0.05, 0.1) is 7.11 Å². The summed E-state index contributed by atoms with van der Waals surface area (Å²) in [4.78, 5) is 10.1. The Kier molecular flexibility index (Phi) is 8.82. The van der Waals surface area contributed by atoms with Crippen molar-refractivity contribution in [1.29, 1.82) is 0 Å². The number of benzene rings is 2. The molecule has 2 aromatic rings. The molecule has 0 unspecified atom stereocenters. The number of rotatable bonds is 4. The van der Waals surface area contributed by atoms with E-state index in [0.29, 0.717) is 6.54 Å². The number of nitrogens with two attached hydrogens (primary N) is 1. The third-order valence-electron chi connectivity index (χ3n) is 2.57. The Balaban J connectivity index is 0.000000261. The van der Waals surface area contributed by atoms with E-state index >= 15 is 0 Å². The topological polar surface area (TPSA) is 61.5 Å². The first-order valence-electron chi connectivity index (χ1n) is 6.95. The zero-order valence-electron chi connectivity index (χ0n) is 12.6. The summed E-state index contributed by atoms with van der Waals surface area (Å²) < 4.78 is 8.49. The molecule has 0 heterocycles. The molecule has 116 valence electrons. The van der Waals surface area contributed by atoms with Crippen LogP contribution < -0.4 is 5.73 Å². The predicted molar refractivity (Wildman–Crippen MR) is 89.2 cm³/mol. The lowest BCUT2D eigenvalue weighted by Crippen LogP contribution is -2.12. The summed E-state index contributed by atoms with van der Waals surface area (Å²) in [6.07, 6.45) is 3.56. The fraction of sp³-hybridized carbons (Fsp3) is 0.167. The monoisotopic (exact) mass is 299 g/mol. The van der Waals surface area contributed by atoms with Gasteiger partial charge in [-0.2, -0.15) is 0 Å². The van der Waals surface area contributed by atoms with Crippen LogP contribution in [-0.4, -0.2) is 26.4 Å². The van der Waals surface area contributed by atoms with Crippen LogP contribution in [0.3, 0.4) is 0 Å². The minimum Gasteiger partial charge on any atom is -0.438 e. The average Bonchev–Trinajstić information content (AvgIpc) is 2.60. The summed E-state index contributed by atoms with van der Waals surface area (Å²) in [5.74, 6) is 0. The van der Waals surface area contributed by atoms with E-state index < -0.39 is 6.16 Å². The van der Waals surface area contributed by atoms with Gasteiger partial charge in [-0.15, -0.1) is 0 Å². The van der Waals surface area contributed by atoms with Gasteiger partial charge in [-0.1, -0.05) is 72.8 Å². The Hall–Kier alpha value is -2.59. The molecule has 0 aromatic heterocycles. The quantitative estimate of drug-likeness (QED) is 0.692. The number of hydrogen-bond donors (Lipinski definition) is 1. The van der Waals surface area contributed by atoms with Crippen molar-refractivity contribution in [2.75, 3.05) is 20.3 Å². The Morgan fingerprint density at radius 3 is 1.77 bits per heavy atom. The summed E-state index contributed by atoms with van der Waals surface area (Å²) in [6, 6.07) is 20.6. The van der Waals surface area contributed by atoms with Gasteiger partial charge >= 0.3 is 6.16 Å². The van der Waals surface area contributed by atoms with Gasteiger partial charge in [-0.25, -0.2) is 4.79 Å². The highest BCUT2D eigenvalue weighted by Gasteiger charge is 1.95.